The van der Waals surface area contributed by atoms with Crippen molar-refractivity contribution in [2.45, 2.75) is 316 Å². The molecule has 0 spiro atoms. The lowest BCUT2D eigenvalue weighted by atomic mass is 10.0. The molecule has 0 fully saturated rings. The van der Waals surface area contributed by atoms with Crippen LogP contribution < -0.4 is 0 Å². The second-order valence-corrected chi connectivity index (χ2v) is 18.9. The van der Waals surface area contributed by atoms with Crippen LogP contribution in [0.25, 0.3) is 0 Å². The highest BCUT2D eigenvalue weighted by molar-refractivity contribution is 5.71. The van der Waals surface area contributed by atoms with Crippen molar-refractivity contribution in [3.63, 3.8) is 0 Å². The molecular weight excluding hydrogens is 769 g/mol. The van der Waals surface area contributed by atoms with E-state index < -0.39 is 6.10 Å². The van der Waals surface area contributed by atoms with Crippen molar-refractivity contribution in [3.8, 4) is 0 Å². The second-order valence-electron chi connectivity index (χ2n) is 18.9. The van der Waals surface area contributed by atoms with Gasteiger partial charge in [-0.05, 0) is 44.9 Å². The van der Waals surface area contributed by atoms with E-state index in [2.05, 4.69) is 32.9 Å². The monoisotopic (exact) mass is 875 g/mol. The van der Waals surface area contributed by atoms with E-state index in [1.165, 1.54) is 212 Å². The van der Waals surface area contributed by atoms with Crippen molar-refractivity contribution < 1.29 is 28.6 Å². The number of rotatable bonds is 51. The molecule has 0 saturated heterocycles. The van der Waals surface area contributed by atoms with Gasteiger partial charge in [0.05, 0.1) is 0 Å². The van der Waals surface area contributed by atoms with E-state index >= 15 is 0 Å². The van der Waals surface area contributed by atoms with E-state index in [1.807, 2.05) is 0 Å². The fourth-order valence-corrected chi connectivity index (χ4v) is 8.32. The van der Waals surface area contributed by atoms with Gasteiger partial charge in [0.1, 0.15) is 13.2 Å². The fraction of sp³-hybridized carbons (Fsp3) is 0.911. The molecule has 0 aliphatic heterocycles. The summed E-state index contributed by atoms with van der Waals surface area (Å²) in [7, 11) is 0. The maximum Gasteiger partial charge on any atom is 0.306 e. The molecule has 0 rings (SSSR count). The first-order valence-corrected chi connectivity index (χ1v) is 27.7. The van der Waals surface area contributed by atoms with Crippen LogP contribution in [0.3, 0.4) is 0 Å². The maximum absolute atomic E-state index is 12.8. The van der Waals surface area contributed by atoms with Crippen molar-refractivity contribution in [2.75, 3.05) is 13.2 Å². The van der Waals surface area contributed by atoms with E-state index in [4.69, 9.17) is 14.2 Å². The van der Waals surface area contributed by atoms with Crippen LogP contribution in [-0.4, -0.2) is 37.2 Å². The van der Waals surface area contributed by atoms with Gasteiger partial charge in [0.15, 0.2) is 6.10 Å². The summed E-state index contributed by atoms with van der Waals surface area (Å²) < 4.78 is 16.8. The Morgan fingerprint density at radius 3 is 0.806 bits per heavy atom. The highest BCUT2D eigenvalue weighted by Gasteiger charge is 2.19. The summed E-state index contributed by atoms with van der Waals surface area (Å²) in [5.74, 6) is -0.849. The number of esters is 3. The van der Waals surface area contributed by atoms with Gasteiger partial charge in [0, 0.05) is 19.3 Å². The summed E-state index contributed by atoms with van der Waals surface area (Å²) in [6.45, 7) is 6.67. The molecule has 1 atom stereocenters. The number of unbranched alkanes of at least 4 members (excludes halogenated alkanes) is 38. The van der Waals surface area contributed by atoms with Crippen molar-refractivity contribution >= 4 is 17.9 Å². The summed E-state index contributed by atoms with van der Waals surface area (Å²) in [5.41, 5.74) is 0. The second kappa shape index (κ2) is 51.8. The van der Waals surface area contributed by atoms with Gasteiger partial charge in [-0.25, -0.2) is 0 Å². The van der Waals surface area contributed by atoms with Crippen molar-refractivity contribution in [3.05, 3.63) is 12.2 Å². The van der Waals surface area contributed by atoms with Crippen LogP contribution in [0.15, 0.2) is 12.2 Å². The first kappa shape index (κ1) is 60.2. The number of carbonyl (C=O) groups is 3. The van der Waals surface area contributed by atoms with Crippen LogP contribution in [0.1, 0.15) is 310 Å². The largest absolute Gasteiger partial charge is 0.462 e. The minimum atomic E-state index is -0.765. The van der Waals surface area contributed by atoms with Gasteiger partial charge in [-0.1, -0.05) is 258 Å². The Balaban J connectivity index is 4.32. The Bertz CT molecular complexity index is 962. The molecule has 6 nitrogen and oxygen atoms in total. The maximum atomic E-state index is 12.8. The first-order chi connectivity index (χ1) is 30.5. The van der Waals surface area contributed by atoms with Gasteiger partial charge in [-0.2, -0.15) is 0 Å². The highest BCUT2D eigenvalue weighted by Crippen LogP contribution is 2.17. The first-order valence-electron chi connectivity index (χ1n) is 27.7. The minimum absolute atomic E-state index is 0.0655. The van der Waals surface area contributed by atoms with Crippen LogP contribution in [0, 0.1) is 0 Å². The predicted octanol–water partition coefficient (Wildman–Crippen LogP) is 18.2. The number of carbonyl (C=O) groups excluding carboxylic acids is 3. The van der Waals surface area contributed by atoms with Crippen LogP contribution in [0.5, 0.6) is 0 Å². The Morgan fingerprint density at radius 2 is 0.532 bits per heavy atom. The molecule has 0 radical (unpaired) electrons. The number of hydrogen-bond donors (Lipinski definition) is 0. The van der Waals surface area contributed by atoms with Gasteiger partial charge in [0.2, 0.25) is 0 Å². The normalized spacial score (nSPS) is 12.0. The van der Waals surface area contributed by atoms with Gasteiger partial charge in [0.25, 0.3) is 0 Å². The van der Waals surface area contributed by atoms with E-state index in [9.17, 15) is 14.4 Å². The molecule has 0 unspecified atom stereocenters. The molecule has 0 amide bonds. The Morgan fingerprint density at radius 1 is 0.306 bits per heavy atom. The van der Waals surface area contributed by atoms with Crippen molar-refractivity contribution in [2.24, 2.45) is 0 Å². The summed E-state index contributed by atoms with van der Waals surface area (Å²) >= 11 is 0. The molecule has 0 saturated carbocycles. The zero-order valence-corrected chi connectivity index (χ0v) is 41.9. The van der Waals surface area contributed by atoms with Gasteiger partial charge in [-0.3, -0.25) is 14.4 Å². The Labute approximate surface area is 386 Å². The number of hydrogen-bond acceptors (Lipinski definition) is 6. The number of ether oxygens (including phenoxy) is 3. The third-order valence-corrected chi connectivity index (χ3v) is 12.5. The quantitative estimate of drug-likeness (QED) is 0.0262. The molecule has 0 bridgehead atoms. The van der Waals surface area contributed by atoms with E-state index in [0.717, 1.165) is 57.8 Å². The molecule has 0 aromatic heterocycles. The van der Waals surface area contributed by atoms with Gasteiger partial charge in [-0.15, -0.1) is 0 Å². The summed E-state index contributed by atoms with van der Waals surface area (Å²) in [5, 5.41) is 0. The molecule has 0 N–H and O–H groups in total. The third-order valence-electron chi connectivity index (χ3n) is 12.5. The molecule has 366 valence electrons. The van der Waals surface area contributed by atoms with E-state index in [1.54, 1.807) is 0 Å². The lowest BCUT2D eigenvalue weighted by Gasteiger charge is -2.18. The van der Waals surface area contributed by atoms with Gasteiger partial charge >= 0.3 is 17.9 Å². The van der Waals surface area contributed by atoms with Gasteiger partial charge < -0.3 is 14.2 Å². The lowest BCUT2D eigenvalue weighted by Crippen LogP contribution is -2.30. The SMILES string of the molecule is CCCCCCC/C=C\CCCCCCCCCC(=O)OC[C@@H](COC(=O)CCCCCCCCCCCCCCC)OC(=O)CCCCCCCCCCCCCCCCC. The summed E-state index contributed by atoms with van der Waals surface area (Å²) in [6.07, 6.45) is 57.6. The summed E-state index contributed by atoms with van der Waals surface area (Å²) in [6, 6.07) is 0. The minimum Gasteiger partial charge on any atom is -0.462 e. The van der Waals surface area contributed by atoms with Crippen LogP contribution in [0.2, 0.25) is 0 Å². The number of allylic oxidation sites excluding steroid dienone is 2. The lowest BCUT2D eigenvalue weighted by molar-refractivity contribution is -0.167. The average molecular weight is 875 g/mol. The highest BCUT2D eigenvalue weighted by atomic mass is 16.6. The van der Waals surface area contributed by atoms with E-state index in [-0.39, 0.29) is 31.1 Å². The zero-order chi connectivity index (χ0) is 45.1. The Hall–Kier alpha value is -1.85. The fourth-order valence-electron chi connectivity index (χ4n) is 8.32. The standard InChI is InChI=1S/C56H106O6/c1-4-7-10-13-16-19-22-25-27-29-31-34-37-40-43-46-49-55(58)61-52-53(51-60-54(57)48-45-42-39-36-33-30-24-21-18-15-12-9-6-3)62-56(59)50-47-44-41-38-35-32-28-26-23-20-17-14-11-8-5-2/h22,25,53H,4-21,23-24,26-52H2,1-3H3/b25-22-/t53-/m1/s1. The molecule has 0 aliphatic carbocycles. The molecule has 0 aliphatic rings. The molecule has 0 aromatic carbocycles. The van der Waals surface area contributed by atoms with Crippen molar-refractivity contribution in [1.29, 1.82) is 0 Å². The average Bonchev–Trinajstić information content (AvgIpc) is 3.27. The van der Waals surface area contributed by atoms with Crippen LogP contribution >= 0.6 is 0 Å². The smallest absolute Gasteiger partial charge is 0.306 e. The molecule has 0 heterocycles. The molecule has 6 heteroatoms. The van der Waals surface area contributed by atoms with Crippen molar-refractivity contribution in [1.82, 2.24) is 0 Å². The van der Waals surface area contributed by atoms with Crippen LogP contribution in [-0.2, 0) is 28.6 Å². The third kappa shape index (κ3) is 49.2. The summed E-state index contributed by atoms with van der Waals surface area (Å²) in [4.78, 5) is 38.0. The molecule has 0 aromatic rings. The molecule has 62 heavy (non-hydrogen) atoms. The van der Waals surface area contributed by atoms with E-state index in [0.29, 0.717) is 19.3 Å². The topological polar surface area (TPSA) is 78.9 Å². The Kier molecular flexibility index (Phi) is 50.2. The predicted molar refractivity (Wildman–Crippen MR) is 266 cm³/mol. The zero-order valence-electron chi connectivity index (χ0n) is 41.9. The molecular formula is C56H106O6. The van der Waals surface area contributed by atoms with Crippen LogP contribution in [0.4, 0.5) is 0 Å².